The van der Waals surface area contributed by atoms with Gasteiger partial charge in [0.25, 0.3) is 5.69 Å². The first-order valence-electron chi connectivity index (χ1n) is 8.34. The van der Waals surface area contributed by atoms with Gasteiger partial charge in [0.15, 0.2) is 19.0 Å². The Kier molecular flexibility index (Phi) is 7.26. The van der Waals surface area contributed by atoms with Crippen molar-refractivity contribution in [2.24, 2.45) is 0 Å². The molecule has 0 bridgehead atoms. The number of allylic oxidation sites excluding steroid dienone is 1. The van der Waals surface area contributed by atoms with E-state index in [0.717, 1.165) is 36.4 Å². The lowest BCUT2D eigenvalue weighted by Crippen LogP contribution is -2.21. The van der Waals surface area contributed by atoms with E-state index < -0.39 is 53.3 Å². The summed E-state index contributed by atoms with van der Waals surface area (Å²) in [5.74, 6) is -1.85. The minimum atomic E-state index is -4.72. The van der Waals surface area contributed by atoms with Gasteiger partial charge in [0.1, 0.15) is 11.5 Å². The van der Waals surface area contributed by atoms with Crippen LogP contribution in [0.15, 0.2) is 48.5 Å². The quantitative estimate of drug-likeness (QED) is 0.178. The van der Waals surface area contributed by atoms with E-state index in [9.17, 15) is 41.3 Å². The molecular formula is C19H13F6NO5. The molecule has 0 aromatic heterocycles. The van der Waals surface area contributed by atoms with Gasteiger partial charge in [-0.25, -0.2) is 0 Å². The zero-order valence-electron chi connectivity index (χ0n) is 15.4. The molecule has 0 aliphatic carbocycles. The lowest BCUT2D eigenvalue weighted by molar-refractivity contribution is -0.384. The van der Waals surface area contributed by atoms with Gasteiger partial charge in [-0.2, -0.15) is 26.3 Å². The highest BCUT2D eigenvalue weighted by molar-refractivity contribution is 6.08. The molecule has 166 valence electrons. The summed E-state index contributed by atoms with van der Waals surface area (Å²) in [6.07, 6.45) is -7.34. The lowest BCUT2D eigenvalue weighted by atomic mass is 10.1. The molecule has 0 aliphatic heterocycles. The molecule has 0 aliphatic rings. The van der Waals surface area contributed by atoms with E-state index in [2.05, 4.69) is 9.47 Å². The summed E-state index contributed by atoms with van der Waals surface area (Å²) < 4.78 is 83.4. The van der Waals surface area contributed by atoms with E-state index in [0.29, 0.717) is 0 Å². The Balaban J connectivity index is 2.31. The van der Waals surface area contributed by atoms with Gasteiger partial charge in [-0.1, -0.05) is 18.2 Å². The molecule has 0 atom stereocenters. The molecule has 6 nitrogen and oxygen atoms in total. The maximum atomic E-state index is 12.5. The molecule has 2 aromatic carbocycles. The van der Waals surface area contributed by atoms with Crippen LogP contribution in [0.3, 0.4) is 0 Å². The molecule has 12 heteroatoms. The third-order valence-electron chi connectivity index (χ3n) is 3.52. The Morgan fingerprint density at radius 2 is 1.61 bits per heavy atom. The maximum Gasteiger partial charge on any atom is 0.422 e. The van der Waals surface area contributed by atoms with Crippen LogP contribution in [0.1, 0.15) is 15.9 Å². The first-order valence-corrected chi connectivity index (χ1v) is 8.34. The third-order valence-corrected chi connectivity index (χ3v) is 3.52. The second kappa shape index (κ2) is 9.49. The fraction of sp³-hybridized carbons (Fsp3) is 0.211. The monoisotopic (exact) mass is 449 g/mol. The van der Waals surface area contributed by atoms with Crippen molar-refractivity contribution in [3.8, 4) is 11.5 Å². The Morgan fingerprint density at radius 1 is 0.968 bits per heavy atom. The van der Waals surface area contributed by atoms with E-state index in [-0.39, 0.29) is 11.3 Å². The van der Waals surface area contributed by atoms with E-state index in [4.69, 9.17) is 0 Å². The van der Waals surface area contributed by atoms with Gasteiger partial charge < -0.3 is 9.47 Å². The number of non-ortho nitro benzene ring substituents is 1. The van der Waals surface area contributed by atoms with Crippen molar-refractivity contribution in [3.63, 3.8) is 0 Å². The fourth-order valence-corrected chi connectivity index (χ4v) is 2.25. The molecule has 0 fully saturated rings. The Morgan fingerprint density at radius 3 is 2.23 bits per heavy atom. The van der Waals surface area contributed by atoms with Crippen molar-refractivity contribution in [2.45, 2.75) is 12.4 Å². The fourth-order valence-electron chi connectivity index (χ4n) is 2.25. The first kappa shape index (κ1) is 23.7. The predicted octanol–water partition coefficient (Wildman–Crippen LogP) is 5.37. The number of hydrogen-bond acceptors (Lipinski definition) is 5. The second-order valence-corrected chi connectivity index (χ2v) is 6.02. The highest BCUT2D eigenvalue weighted by Crippen LogP contribution is 2.28. The smallest absolute Gasteiger partial charge is 0.422 e. The molecular weight excluding hydrogens is 436 g/mol. The highest BCUT2D eigenvalue weighted by atomic mass is 19.4. The van der Waals surface area contributed by atoms with Gasteiger partial charge >= 0.3 is 12.4 Å². The summed E-state index contributed by atoms with van der Waals surface area (Å²) >= 11 is 0. The summed E-state index contributed by atoms with van der Waals surface area (Å²) in [7, 11) is 0. The largest absolute Gasteiger partial charge is 0.484 e. The summed E-state index contributed by atoms with van der Waals surface area (Å²) in [4.78, 5) is 22.6. The molecule has 2 aromatic rings. The summed E-state index contributed by atoms with van der Waals surface area (Å²) in [6, 6.07) is 7.77. The van der Waals surface area contributed by atoms with Crippen LogP contribution >= 0.6 is 0 Å². The van der Waals surface area contributed by atoms with Gasteiger partial charge in [-0.3, -0.25) is 14.9 Å². The number of carbonyl (C=O) groups is 1. The second-order valence-electron chi connectivity index (χ2n) is 6.02. The van der Waals surface area contributed by atoms with Crippen molar-refractivity contribution < 1.29 is 45.5 Å². The van der Waals surface area contributed by atoms with Crippen LogP contribution in [-0.2, 0) is 0 Å². The topological polar surface area (TPSA) is 78.7 Å². The van der Waals surface area contributed by atoms with E-state index in [1.54, 1.807) is 0 Å². The van der Waals surface area contributed by atoms with Crippen molar-refractivity contribution >= 4 is 17.5 Å². The Bertz CT molecular complexity index is 984. The van der Waals surface area contributed by atoms with E-state index in [1.807, 2.05) is 0 Å². The van der Waals surface area contributed by atoms with E-state index >= 15 is 0 Å². The average Bonchev–Trinajstić information content (AvgIpc) is 2.68. The number of nitrogens with zero attached hydrogens (tertiary/aromatic N) is 1. The third kappa shape index (κ3) is 7.99. The average molecular weight is 449 g/mol. The summed E-state index contributed by atoms with van der Waals surface area (Å²) in [5, 5.41) is 10.8. The molecule has 0 spiro atoms. The molecule has 0 saturated carbocycles. The van der Waals surface area contributed by atoms with Gasteiger partial charge in [0.05, 0.1) is 10.5 Å². The number of nitro groups is 1. The summed E-state index contributed by atoms with van der Waals surface area (Å²) in [5.41, 5.74) is -0.498. The SMILES string of the molecule is O=C(C=Cc1cccc([N+](=O)[O-])c1)c1cc(OCC(F)(F)F)ccc1OCC(F)(F)F. The lowest BCUT2D eigenvalue weighted by Gasteiger charge is -2.14. The number of hydrogen-bond donors (Lipinski definition) is 0. The number of ether oxygens (including phenoxy) is 2. The number of ketones is 1. The van der Waals surface area contributed by atoms with Crippen molar-refractivity contribution in [3.05, 3.63) is 69.8 Å². The number of carbonyl (C=O) groups excluding carboxylic acids is 1. The normalized spacial score (nSPS) is 12.1. The van der Waals surface area contributed by atoms with Crippen LogP contribution in [0, 0.1) is 10.1 Å². The molecule has 0 heterocycles. The number of rotatable bonds is 8. The number of alkyl halides is 6. The van der Waals surface area contributed by atoms with Gasteiger partial charge in [-0.05, 0) is 29.8 Å². The molecule has 0 radical (unpaired) electrons. The minimum absolute atomic E-state index is 0.241. The zero-order valence-corrected chi connectivity index (χ0v) is 15.4. The standard InChI is InChI=1S/C19H13F6NO5/c20-18(21,22)10-30-14-5-7-17(31-11-19(23,24)25)15(9-14)16(27)6-4-12-2-1-3-13(8-12)26(28)29/h1-9H,10-11H2. The summed E-state index contributed by atoms with van der Waals surface area (Å²) in [6.45, 7) is -3.41. The van der Waals surface area contributed by atoms with Crippen molar-refractivity contribution in [1.82, 2.24) is 0 Å². The molecule has 2 rings (SSSR count). The van der Waals surface area contributed by atoms with Gasteiger partial charge in [0.2, 0.25) is 0 Å². The first-order chi connectivity index (χ1) is 14.3. The van der Waals surface area contributed by atoms with E-state index in [1.165, 1.54) is 18.2 Å². The molecule has 0 saturated heterocycles. The van der Waals surface area contributed by atoms with Crippen LogP contribution in [-0.4, -0.2) is 36.3 Å². The van der Waals surface area contributed by atoms with Gasteiger partial charge in [0, 0.05) is 12.1 Å². The number of nitro benzene ring substituents is 1. The van der Waals surface area contributed by atoms with Crippen LogP contribution in [0.5, 0.6) is 11.5 Å². The number of benzene rings is 2. The zero-order chi connectivity index (χ0) is 23.2. The Hall–Kier alpha value is -3.57. The van der Waals surface area contributed by atoms with Crippen LogP contribution in [0.2, 0.25) is 0 Å². The maximum absolute atomic E-state index is 12.5. The highest BCUT2D eigenvalue weighted by Gasteiger charge is 2.30. The van der Waals surface area contributed by atoms with Crippen molar-refractivity contribution in [2.75, 3.05) is 13.2 Å². The Labute approximate surface area is 170 Å². The van der Waals surface area contributed by atoms with Crippen LogP contribution in [0.25, 0.3) is 6.08 Å². The molecule has 0 amide bonds. The van der Waals surface area contributed by atoms with Crippen LogP contribution < -0.4 is 9.47 Å². The van der Waals surface area contributed by atoms with Gasteiger partial charge in [-0.15, -0.1) is 0 Å². The molecule has 0 N–H and O–H groups in total. The molecule has 31 heavy (non-hydrogen) atoms. The molecule has 0 unspecified atom stereocenters. The van der Waals surface area contributed by atoms with Crippen LogP contribution in [0.4, 0.5) is 32.0 Å². The number of halogens is 6. The minimum Gasteiger partial charge on any atom is -0.484 e. The predicted molar refractivity (Wildman–Crippen MR) is 96.0 cm³/mol. The van der Waals surface area contributed by atoms with Crippen molar-refractivity contribution in [1.29, 1.82) is 0 Å².